The standard InChI is InChI=1S/C32H37F4NO3/c1-18(30(38)39)29(21-4-5-21)22-6-3-20-11-13-31(40-28(20)15-22)14-12-24-8-9-25(17-31)37(24)19(2)26-16-23(33)7-10-27(26)32(34,35)36/h3,6-7,10,15-16,18-19,21,24-25,29H,4-5,8-9,11-14,17H2,1-2H3,(H,38,39)/t18-,19+,24?,25?,29-,31?/m0/s1. The summed E-state index contributed by atoms with van der Waals surface area (Å²) in [7, 11) is 0. The fourth-order valence-corrected chi connectivity index (χ4v) is 8.00. The normalized spacial score (nSPS) is 28.9. The van der Waals surface area contributed by atoms with Crippen LogP contribution in [0.2, 0.25) is 0 Å². The van der Waals surface area contributed by atoms with Crippen molar-refractivity contribution in [1.29, 1.82) is 0 Å². The molecule has 1 saturated carbocycles. The van der Waals surface area contributed by atoms with Crippen molar-refractivity contribution >= 4 is 5.97 Å². The quantitative estimate of drug-likeness (QED) is 0.366. The van der Waals surface area contributed by atoms with Gasteiger partial charge in [-0.2, -0.15) is 13.2 Å². The number of carboxylic acids is 1. The lowest BCUT2D eigenvalue weighted by molar-refractivity contribution is -0.142. The molecule has 0 radical (unpaired) electrons. The van der Waals surface area contributed by atoms with E-state index in [1.807, 2.05) is 0 Å². The number of hydrogen-bond acceptors (Lipinski definition) is 3. The number of benzene rings is 2. The zero-order valence-corrected chi connectivity index (χ0v) is 23.0. The minimum absolute atomic E-state index is 0.00133. The molecule has 2 aromatic carbocycles. The van der Waals surface area contributed by atoms with Gasteiger partial charge in [0.25, 0.3) is 0 Å². The molecular weight excluding hydrogens is 522 g/mol. The van der Waals surface area contributed by atoms with E-state index in [-0.39, 0.29) is 23.6 Å². The average molecular weight is 560 g/mol. The van der Waals surface area contributed by atoms with E-state index in [4.69, 9.17) is 4.74 Å². The van der Waals surface area contributed by atoms with Crippen molar-refractivity contribution in [2.45, 2.75) is 107 Å². The van der Waals surface area contributed by atoms with Gasteiger partial charge in [0.05, 0.1) is 11.5 Å². The Bertz CT molecular complexity index is 1290. The number of fused-ring (bicyclic) bond motifs is 3. The van der Waals surface area contributed by atoms with Crippen LogP contribution < -0.4 is 4.74 Å². The predicted molar refractivity (Wildman–Crippen MR) is 143 cm³/mol. The van der Waals surface area contributed by atoms with Crippen LogP contribution in [-0.4, -0.2) is 33.7 Å². The Kier molecular flexibility index (Phi) is 6.91. The van der Waals surface area contributed by atoms with Crippen molar-refractivity contribution in [3.05, 3.63) is 64.5 Å². The molecule has 40 heavy (non-hydrogen) atoms. The highest BCUT2D eigenvalue weighted by Crippen LogP contribution is 2.51. The van der Waals surface area contributed by atoms with Gasteiger partial charge in [-0.3, -0.25) is 9.69 Å². The summed E-state index contributed by atoms with van der Waals surface area (Å²) in [6.07, 6.45) is 3.37. The van der Waals surface area contributed by atoms with Gasteiger partial charge in [0, 0.05) is 24.5 Å². The van der Waals surface area contributed by atoms with Crippen molar-refractivity contribution in [3.8, 4) is 5.75 Å². The van der Waals surface area contributed by atoms with Crippen LogP contribution in [0.5, 0.6) is 5.75 Å². The van der Waals surface area contributed by atoms with Crippen LogP contribution in [0.3, 0.4) is 0 Å². The van der Waals surface area contributed by atoms with Gasteiger partial charge in [0.2, 0.25) is 0 Å². The highest BCUT2D eigenvalue weighted by molar-refractivity contribution is 5.71. The van der Waals surface area contributed by atoms with Crippen LogP contribution in [0.1, 0.15) is 99.4 Å². The number of alkyl halides is 3. The maximum absolute atomic E-state index is 14.2. The molecule has 4 nitrogen and oxygen atoms in total. The van der Waals surface area contributed by atoms with Gasteiger partial charge in [0.15, 0.2) is 0 Å². The molecule has 3 unspecified atom stereocenters. The van der Waals surface area contributed by atoms with Gasteiger partial charge < -0.3 is 9.84 Å². The Labute approximate surface area is 232 Å². The van der Waals surface area contributed by atoms with Crippen LogP contribution in [0.15, 0.2) is 36.4 Å². The molecule has 2 aromatic rings. The van der Waals surface area contributed by atoms with Gasteiger partial charge >= 0.3 is 12.1 Å². The molecule has 1 spiro atoms. The third-order valence-corrected chi connectivity index (χ3v) is 10.1. The molecule has 0 amide bonds. The number of rotatable bonds is 6. The van der Waals surface area contributed by atoms with E-state index < -0.39 is 41.1 Å². The number of nitrogens with zero attached hydrogens (tertiary/aromatic N) is 1. The zero-order chi connectivity index (χ0) is 28.4. The van der Waals surface area contributed by atoms with E-state index in [0.717, 1.165) is 86.4 Å². The first-order chi connectivity index (χ1) is 19.0. The van der Waals surface area contributed by atoms with E-state index in [2.05, 4.69) is 23.1 Å². The van der Waals surface area contributed by atoms with Crippen molar-refractivity contribution in [1.82, 2.24) is 4.90 Å². The number of aryl methyl sites for hydroxylation is 1. The molecule has 3 heterocycles. The molecule has 8 heteroatoms. The molecule has 0 aromatic heterocycles. The summed E-state index contributed by atoms with van der Waals surface area (Å²) in [5.41, 5.74) is 0.964. The van der Waals surface area contributed by atoms with Gasteiger partial charge in [0.1, 0.15) is 17.2 Å². The summed E-state index contributed by atoms with van der Waals surface area (Å²) < 4.78 is 62.6. The number of aliphatic carboxylic acids is 1. The fourth-order valence-electron chi connectivity index (χ4n) is 8.00. The largest absolute Gasteiger partial charge is 0.487 e. The summed E-state index contributed by atoms with van der Waals surface area (Å²) in [5, 5.41) is 9.73. The Morgan fingerprint density at radius 3 is 2.48 bits per heavy atom. The summed E-state index contributed by atoms with van der Waals surface area (Å²) in [4.78, 5) is 14.1. The minimum Gasteiger partial charge on any atom is -0.487 e. The summed E-state index contributed by atoms with van der Waals surface area (Å²) >= 11 is 0. The second-order valence-electron chi connectivity index (χ2n) is 12.6. The average Bonchev–Trinajstić information content (AvgIpc) is 3.67. The maximum atomic E-state index is 14.2. The van der Waals surface area contributed by atoms with Gasteiger partial charge in [-0.05, 0) is 111 Å². The van der Waals surface area contributed by atoms with Crippen LogP contribution in [-0.2, 0) is 17.4 Å². The van der Waals surface area contributed by atoms with E-state index in [1.54, 1.807) is 13.8 Å². The third-order valence-electron chi connectivity index (χ3n) is 10.1. The SMILES string of the molecule is C[C@H](C(=O)O)[C@H](c1ccc2c(c1)OC1(CC2)CCC2CCC(C1)N2[C@H](C)c1cc(F)ccc1C(F)(F)F)C1CC1. The summed E-state index contributed by atoms with van der Waals surface area (Å²) in [5.74, 6) is -0.745. The van der Waals surface area contributed by atoms with E-state index >= 15 is 0 Å². The summed E-state index contributed by atoms with van der Waals surface area (Å²) in [6, 6.07) is 8.61. The number of carbonyl (C=O) groups is 1. The lowest BCUT2D eigenvalue weighted by Crippen LogP contribution is -2.44. The molecule has 1 N–H and O–H groups in total. The molecule has 6 atom stereocenters. The van der Waals surface area contributed by atoms with Gasteiger partial charge in [-0.15, -0.1) is 0 Å². The number of carboxylic acid groups (broad SMARTS) is 1. The Morgan fingerprint density at radius 1 is 1.02 bits per heavy atom. The maximum Gasteiger partial charge on any atom is 0.416 e. The van der Waals surface area contributed by atoms with Crippen LogP contribution >= 0.6 is 0 Å². The highest BCUT2D eigenvalue weighted by Gasteiger charge is 2.49. The Balaban J connectivity index is 1.27. The third kappa shape index (κ3) is 5.01. The van der Waals surface area contributed by atoms with E-state index in [9.17, 15) is 27.5 Å². The van der Waals surface area contributed by atoms with Crippen LogP contribution in [0.4, 0.5) is 17.6 Å². The zero-order valence-electron chi connectivity index (χ0n) is 23.0. The molecule has 3 aliphatic heterocycles. The highest BCUT2D eigenvalue weighted by atomic mass is 19.4. The van der Waals surface area contributed by atoms with Crippen molar-refractivity contribution in [2.75, 3.05) is 0 Å². The first-order valence-electron chi connectivity index (χ1n) is 14.6. The second-order valence-corrected chi connectivity index (χ2v) is 12.6. The molecule has 2 bridgehead atoms. The lowest BCUT2D eigenvalue weighted by atomic mass is 9.79. The van der Waals surface area contributed by atoms with Crippen molar-refractivity contribution in [2.24, 2.45) is 11.8 Å². The molecule has 216 valence electrons. The topological polar surface area (TPSA) is 49.8 Å². The molecule has 4 aliphatic rings. The molecule has 3 fully saturated rings. The first kappa shape index (κ1) is 27.6. The number of halogens is 4. The van der Waals surface area contributed by atoms with E-state index in [0.29, 0.717) is 12.3 Å². The first-order valence-corrected chi connectivity index (χ1v) is 14.6. The fraction of sp³-hybridized carbons (Fsp3) is 0.594. The molecular formula is C32H37F4NO3. The molecule has 6 rings (SSSR count). The monoisotopic (exact) mass is 559 g/mol. The van der Waals surface area contributed by atoms with E-state index in [1.165, 1.54) is 0 Å². The predicted octanol–water partition coefficient (Wildman–Crippen LogP) is 7.90. The van der Waals surface area contributed by atoms with Crippen molar-refractivity contribution in [3.63, 3.8) is 0 Å². The second kappa shape index (κ2) is 10.0. The Morgan fingerprint density at radius 2 is 1.77 bits per heavy atom. The molecule has 2 saturated heterocycles. The molecule has 1 aliphatic carbocycles. The Hall–Kier alpha value is -2.61. The number of hydrogen-bond donors (Lipinski definition) is 1. The smallest absolute Gasteiger partial charge is 0.416 e. The minimum atomic E-state index is -4.55. The van der Waals surface area contributed by atoms with Crippen molar-refractivity contribution < 1.29 is 32.2 Å². The lowest BCUT2D eigenvalue weighted by Gasteiger charge is -2.41. The van der Waals surface area contributed by atoms with Gasteiger partial charge in [-0.25, -0.2) is 4.39 Å². The van der Waals surface area contributed by atoms with Gasteiger partial charge in [-0.1, -0.05) is 19.1 Å². The van der Waals surface area contributed by atoms with Crippen LogP contribution in [0.25, 0.3) is 0 Å². The summed E-state index contributed by atoms with van der Waals surface area (Å²) in [6.45, 7) is 3.56. The van der Waals surface area contributed by atoms with Crippen LogP contribution in [0, 0.1) is 17.7 Å². The number of ether oxygens (including phenoxy) is 1.